The molecule has 142 valence electrons. The number of thioether (sulfide) groups is 1. The lowest BCUT2D eigenvalue weighted by atomic mass is 10.2. The zero-order chi connectivity index (χ0) is 19.8. The Kier molecular flexibility index (Phi) is 8.15. The minimum Gasteiger partial charge on any atom is -0.325 e. The van der Waals surface area contributed by atoms with Crippen LogP contribution < -0.4 is 5.32 Å². The lowest BCUT2D eigenvalue weighted by Crippen LogP contribution is -2.24. The third-order valence-corrected chi connectivity index (χ3v) is 5.95. The molecule has 1 aromatic carbocycles. The highest BCUT2D eigenvalue weighted by molar-refractivity contribution is 8.00. The molecular formula is C21H24ClN3OS. The molecule has 0 aliphatic heterocycles. The van der Waals surface area contributed by atoms with Crippen molar-refractivity contribution in [3.8, 4) is 6.07 Å². The van der Waals surface area contributed by atoms with Gasteiger partial charge in [-0.15, -0.1) is 0 Å². The second-order valence-electron chi connectivity index (χ2n) is 6.34. The van der Waals surface area contributed by atoms with Gasteiger partial charge in [0.1, 0.15) is 11.1 Å². The van der Waals surface area contributed by atoms with Crippen molar-refractivity contribution in [1.82, 2.24) is 4.98 Å². The number of carbonyl (C=O) groups is 1. The Balaban J connectivity index is 2.16. The zero-order valence-corrected chi connectivity index (χ0v) is 17.5. The van der Waals surface area contributed by atoms with E-state index in [1.165, 1.54) is 11.8 Å². The van der Waals surface area contributed by atoms with Gasteiger partial charge in [0, 0.05) is 16.4 Å². The highest BCUT2D eigenvalue weighted by Crippen LogP contribution is 2.29. The topological polar surface area (TPSA) is 65.8 Å². The number of unbranched alkanes of at least 4 members (excludes halogenated alkanes) is 1. The summed E-state index contributed by atoms with van der Waals surface area (Å²) in [6.45, 7) is 6.00. The number of carbonyl (C=O) groups excluding carboxylic acids is 1. The molecule has 1 N–H and O–H groups in total. The Bertz CT molecular complexity index is 848. The molecule has 0 aliphatic carbocycles. The van der Waals surface area contributed by atoms with Gasteiger partial charge in [0.05, 0.1) is 10.8 Å². The van der Waals surface area contributed by atoms with Gasteiger partial charge in [-0.25, -0.2) is 4.98 Å². The summed E-state index contributed by atoms with van der Waals surface area (Å²) < 4.78 is 0. The van der Waals surface area contributed by atoms with E-state index in [9.17, 15) is 10.1 Å². The number of nitriles is 1. The minimum atomic E-state index is -0.342. The monoisotopic (exact) mass is 401 g/mol. The molecule has 1 amide bonds. The van der Waals surface area contributed by atoms with Gasteiger partial charge < -0.3 is 5.32 Å². The maximum absolute atomic E-state index is 12.7. The summed E-state index contributed by atoms with van der Waals surface area (Å²) in [6, 6.07) is 11.3. The molecule has 27 heavy (non-hydrogen) atoms. The molecular weight excluding hydrogens is 378 g/mol. The molecule has 0 bridgehead atoms. The number of hydrogen-bond donors (Lipinski definition) is 1. The number of hydrogen-bond acceptors (Lipinski definition) is 4. The van der Waals surface area contributed by atoms with Crippen LogP contribution in [-0.4, -0.2) is 16.1 Å². The second kappa shape index (κ2) is 10.3. The van der Waals surface area contributed by atoms with Gasteiger partial charge in [-0.3, -0.25) is 4.79 Å². The van der Waals surface area contributed by atoms with Crippen LogP contribution in [-0.2, 0) is 11.2 Å². The van der Waals surface area contributed by atoms with Gasteiger partial charge in [0.25, 0.3) is 0 Å². The summed E-state index contributed by atoms with van der Waals surface area (Å²) in [6.07, 6.45) is 3.64. The van der Waals surface area contributed by atoms with Crippen LogP contribution in [0.1, 0.15) is 49.9 Å². The summed E-state index contributed by atoms with van der Waals surface area (Å²) >= 11 is 7.48. The lowest BCUT2D eigenvalue weighted by Gasteiger charge is -2.16. The molecule has 0 spiro atoms. The van der Waals surface area contributed by atoms with Gasteiger partial charge in [-0.1, -0.05) is 49.7 Å². The van der Waals surface area contributed by atoms with E-state index in [0.29, 0.717) is 27.7 Å². The van der Waals surface area contributed by atoms with Gasteiger partial charge in [-0.2, -0.15) is 5.26 Å². The molecule has 1 unspecified atom stereocenters. The number of aryl methyl sites for hydroxylation is 2. The third kappa shape index (κ3) is 5.98. The molecule has 1 heterocycles. The highest BCUT2D eigenvalue weighted by atomic mass is 35.5. The number of nitrogens with one attached hydrogen (secondary N) is 1. The largest absolute Gasteiger partial charge is 0.325 e. The molecule has 4 nitrogen and oxygen atoms in total. The predicted octanol–water partition coefficient (Wildman–Crippen LogP) is 5.77. The van der Waals surface area contributed by atoms with E-state index >= 15 is 0 Å². The maximum atomic E-state index is 12.7. The third-order valence-electron chi connectivity index (χ3n) is 4.18. The first-order valence-corrected chi connectivity index (χ1v) is 10.4. The fourth-order valence-corrected chi connectivity index (χ4v) is 3.69. The van der Waals surface area contributed by atoms with E-state index in [1.807, 2.05) is 32.0 Å². The highest BCUT2D eigenvalue weighted by Gasteiger charge is 2.21. The van der Waals surface area contributed by atoms with Crippen LogP contribution >= 0.6 is 23.4 Å². The van der Waals surface area contributed by atoms with E-state index in [4.69, 9.17) is 11.6 Å². The first-order chi connectivity index (χ1) is 13.0. The molecule has 0 aliphatic rings. The Labute approximate surface area is 170 Å². The molecule has 0 saturated carbocycles. The Morgan fingerprint density at radius 3 is 2.74 bits per heavy atom. The van der Waals surface area contributed by atoms with Crippen LogP contribution in [0.15, 0.2) is 35.4 Å². The summed E-state index contributed by atoms with van der Waals surface area (Å²) in [5, 5.41) is 13.2. The number of nitrogens with zero attached hydrogens (tertiary/aromatic N) is 2. The van der Waals surface area contributed by atoms with E-state index in [0.717, 1.165) is 30.5 Å². The maximum Gasteiger partial charge on any atom is 0.237 e. The van der Waals surface area contributed by atoms with Crippen molar-refractivity contribution in [1.29, 1.82) is 5.26 Å². The molecule has 1 atom stereocenters. The molecule has 2 rings (SSSR count). The summed E-state index contributed by atoms with van der Waals surface area (Å²) in [7, 11) is 0. The van der Waals surface area contributed by atoms with Crippen LogP contribution in [0, 0.1) is 18.3 Å². The summed E-state index contributed by atoms with van der Waals surface area (Å²) in [4.78, 5) is 17.3. The van der Waals surface area contributed by atoms with Gasteiger partial charge >= 0.3 is 0 Å². The van der Waals surface area contributed by atoms with Crippen LogP contribution in [0.4, 0.5) is 5.69 Å². The molecule has 6 heteroatoms. The number of rotatable bonds is 8. The van der Waals surface area contributed by atoms with Crippen molar-refractivity contribution in [3.05, 3.63) is 52.2 Å². The van der Waals surface area contributed by atoms with Crippen LogP contribution in [0.2, 0.25) is 5.02 Å². The number of halogens is 1. The van der Waals surface area contributed by atoms with Crippen molar-refractivity contribution in [2.45, 2.75) is 56.7 Å². The van der Waals surface area contributed by atoms with Crippen molar-refractivity contribution in [2.24, 2.45) is 0 Å². The van der Waals surface area contributed by atoms with E-state index in [-0.39, 0.29) is 11.2 Å². The molecule has 0 radical (unpaired) electrons. The molecule has 2 aromatic rings. The first kappa shape index (κ1) is 21.3. The van der Waals surface area contributed by atoms with E-state index in [2.05, 4.69) is 23.3 Å². The first-order valence-electron chi connectivity index (χ1n) is 9.12. The Hall–Kier alpha value is -2.03. The fraction of sp³-hybridized carbons (Fsp3) is 0.381. The lowest BCUT2D eigenvalue weighted by molar-refractivity contribution is -0.115. The number of pyridine rings is 1. The minimum absolute atomic E-state index is 0.118. The summed E-state index contributed by atoms with van der Waals surface area (Å²) in [5.41, 5.74) is 3.09. The molecule has 0 fully saturated rings. The Morgan fingerprint density at radius 1 is 1.33 bits per heavy atom. The fourth-order valence-electron chi connectivity index (χ4n) is 2.50. The number of anilines is 1. The zero-order valence-electron chi connectivity index (χ0n) is 15.9. The van der Waals surface area contributed by atoms with Crippen molar-refractivity contribution in [2.75, 3.05) is 5.32 Å². The molecule has 1 aromatic heterocycles. The number of amides is 1. The average molecular weight is 402 g/mol. The van der Waals surface area contributed by atoms with E-state index in [1.54, 1.807) is 12.1 Å². The number of benzene rings is 1. The smallest absolute Gasteiger partial charge is 0.237 e. The quantitative estimate of drug-likeness (QED) is 0.570. The van der Waals surface area contributed by atoms with E-state index < -0.39 is 0 Å². The van der Waals surface area contributed by atoms with Crippen molar-refractivity contribution >= 4 is 35.0 Å². The van der Waals surface area contributed by atoms with Crippen LogP contribution in [0.25, 0.3) is 0 Å². The van der Waals surface area contributed by atoms with Crippen molar-refractivity contribution in [3.63, 3.8) is 0 Å². The van der Waals surface area contributed by atoms with Crippen LogP contribution in [0.3, 0.4) is 0 Å². The molecule has 0 saturated heterocycles. The normalized spacial score (nSPS) is 11.7. The SMILES string of the molecule is CCCCc1ccc(C#N)c(SC(CC)C(=O)Nc2ccc(C)c(Cl)c2)n1. The standard InChI is InChI=1S/C21H24ClN3OS/c1-4-6-7-16-11-9-15(13-23)21(25-16)27-19(5-2)20(26)24-17-10-8-14(3)18(22)12-17/h8-12,19H,4-7H2,1-3H3,(H,24,26). The van der Waals surface area contributed by atoms with Crippen molar-refractivity contribution < 1.29 is 4.79 Å². The van der Waals surface area contributed by atoms with Crippen LogP contribution in [0.5, 0.6) is 0 Å². The average Bonchev–Trinajstić information content (AvgIpc) is 2.67. The predicted molar refractivity (Wildman–Crippen MR) is 112 cm³/mol. The van der Waals surface area contributed by atoms with Gasteiger partial charge in [-0.05, 0) is 56.0 Å². The second-order valence-corrected chi connectivity index (χ2v) is 7.94. The van der Waals surface area contributed by atoms with Gasteiger partial charge in [0.15, 0.2) is 0 Å². The Morgan fingerprint density at radius 2 is 2.11 bits per heavy atom. The van der Waals surface area contributed by atoms with Gasteiger partial charge in [0.2, 0.25) is 5.91 Å². The summed E-state index contributed by atoms with van der Waals surface area (Å²) in [5.74, 6) is -0.118. The number of aromatic nitrogens is 1.